The van der Waals surface area contributed by atoms with E-state index in [1.165, 1.54) is 0 Å². The molecule has 142 valence electrons. The van der Waals surface area contributed by atoms with Gasteiger partial charge in [0.2, 0.25) is 5.82 Å². The molecular weight excluding hydrogens is 349 g/mol. The van der Waals surface area contributed by atoms with Crippen LogP contribution in [0.15, 0.2) is 29.1 Å². The zero-order valence-electron chi connectivity index (χ0n) is 14.7. The van der Waals surface area contributed by atoms with Gasteiger partial charge in [-0.1, -0.05) is 12.1 Å². The number of methoxy groups -OCH3 is 1. The monoisotopic (exact) mass is 370 g/mol. The summed E-state index contributed by atoms with van der Waals surface area (Å²) in [5, 5.41) is 3.54. The third-order valence-corrected chi connectivity index (χ3v) is 4.72. The van der Waals surface area contributed by atoms with E-state index in [4.69, 9.17) is 4.74 Å². The molecule has 0 saturated carbocycles. The van der Waals surface area contributed by atoms with Crippen molar-refractivity contribution in [2.24, 2.45) is 7.05 Å². The summed E-state index contributed by atoms with van der Waals surface area (Å²) in [7, 11) is 2.72. The highest BCUT2D eigenvalue weighted by Crippen LogP contribution is 2.28. The predicted molar refractivity (Wildman–Crippen MR) is 89.0 cm³/mol. The number of ether oxygens (including phenoxy) is 1. The molecule has 0 spiro atoms. The Morgan fingerprint density at radius 1 is 1.19 bits per heavy atom. The third-order valence-electron chi connectivity index (χ3n) is 4.72. The Balaban J connectivity index is 1.64. The van der Waals surface area contributed by atoms with E-state index in [2.05, 4.69) is 10.00 Å². The van der Waals surface area contributed by atoms with Crippen LogP contribution >= 0.6 is 0 Å². The van der Waals surface area contributed by atoms with E-state index >= 15 is 0 Å². The summed E-state index contributed by atoms with van der Waals surface area (Å²) in [6.07, 6.45) is -3.46. The lowest BCUT2D eigenvalue weighted by Gasteiger charge is -2.31. The molecule has 1 aliphatic heterocycles. The second-order valence-corrected chi connectivity index (χ2v) is 6.46. The molecule has 1 aliphatic rings. The standard InChI is InChI=1S/C17H21F3N4O2/c1-22-15(17(18,19)20)21-24(16(22)25)13-7-9-23(10-8-13)11-12-3-5-14(26-2)6-4-12/h3-6,13H,7-11H2,1-2H3. The quantitative estimate of drug-likeness (QED) is 0.830. The van der Waals surface area contributed by atoms with Crippen LogP contribution in [0, 0.1) is 0 Å². The SMILES string of the molecule is COc1ccc(CN2CCC(n3nc(C(F)(F)F)n(C)c3=O)CC2)cc1. The van der Waals surface area contributed by atoms with Crippen molar-refractivity contribution in [2.45, 2.75) is 31.6 Å². The van der Waals surface area contributed by atoms with Gasteiger partial charge in [0.25, 0.3) is 0 Å². The average molecular weight is 370 g/mol. The zero-order valence-corrected chi connectivity index (χ0v) is 14.7. The maximum absolute atomic E-state index is 12.9. The number of hydrogen-bond acceptors (Lipinski definition) is 4. The first-order valence-corrected chi connectivity index (χ1v) is 8.37. The Hall–Kier alpha value is -2.29. The van der Waals surface area contributed by atoms with Crippen molar-refractivity contribution in [2.75, 3.05) is 20.2 Å². The van der Waals surface area contributed by atoms with Crippen LogP contribution in [0.25, 0.3) is 0 Å². The molecule has 0 bridgehead atoms. The Morgan fingerprint density at radius 2 is 1.81 bits per heavy atom. The molecule has 2 aromatic rings. The molecule has 0 atom stereocenters. The van der Waals surface area contributed by atoms with E-state index in [1.54, 1.807) is 7.11 Å². The lowest BCUT2D eigenvalue weighted by atomic mass is 10.0. The minimum atomic E-state index is -4.63. The first kappa shape index (κ1) is 18.5. The van der Waals surface area contributed by atoms with E-state index in [0.717, 1.165) is 29.6 Å². The molecule has 0 amide bonds. The Bertz CT molecular complexity index is 803. The van der Waals surface area contributed by atoms with Crippen LogP contribution in [0.3, 0.4) is 0 Å². The number of rotatable bonds is 4. The van der Waals surface area contributed by atoms with Gasteiger partial charge in [-0.2, -0.15) is 13.2 Å². The molecule has 6 nitrogen and oxygen atoms in total. The average Bonchev–Trinajstić information content (AvgIpc) is 2.92. The number of piperidine rings is 1. The molecule has 26 heavy (non-hydrogen) atoms. The number of alkyl halides is 3. The zero-order chi connectivity index (χ0) is 18.9. The van der Waals surface area contributed by atoms with Crippen molar-refractivity contribution in [3.05, 3.63) is 46.1 Å². The van der Waals surface area contributed by atoms with Crippen LogP contribution in [0.2, 0.25) is 0 Å². The fourth-order valence-electron chi connectivity index (χ4n) is 3.25. The molecule has 2 heterocycles. The molecular formula is C17H21F3N4O2. The topological polar surface area (TPSA) is 52.3 Å². The van der Waals surface area contributed by atoms with Crippen LogP contribution in [-0.4, -0.2) is 39.4 Å². The van der Waals surface area contributed by atoms with Crippen molar-refractivity contribution >= 4 is 0 Å². The molecule has 1 aromatic heterocycles. The second-order valence-electron chi connectivity index (χ2n) is 6.46. The highest BCUT2D eigenvalue weighted by molar-refractivity contribution is 5.27. The Labute approximate surface area is 148 Å². The maximum Gasteiger partial charge on any atom is 0.451 e. The van der Waals surface area contributed by atoms with Gasteiger partial charge in [-0.15, -0.1) is 5.10 Å². The number of halogens is 3. The molecule has 1 fully saturated rings. The highest BCUT2D eigenvalue weighted by atomic mass is 19.4. The fraction of sp³-hybridized carbons (Fsp3) is 0.529. The van der Waals surface area contributed by atoms with Crippen LogP contribution in [0.5, 0.6) is 5.75 Å². The smallest absolute Gasteiger partial charge is 0.451 e. The molecule has 0 aliphatic carbocycles. The van der Waals surface area contributed by atoms with Crippen LogP contribution < -0.4 is 10.4 Å². The second kappa shape index (κ2) is 7.14. The van der Waals surface area contributed by atoms with E-state index in [9.17, 15) is 18.0 Å². The summed E-state index contributed by atoms with van der Waals surface area (Å²) in [4.78, 5) is 14.3. The van der Waals surface area contributed by atoms with E-state index < -0.39 is 17.7 Å². The highest BCUT2D eigenvalue weighted by Gasteiger charge is 2.39. The fourth-order valence-corrected chi connectivity index (χ4v) is 3.25. The van der Waals surface area contributed by atoms with Crippen molar-refractivity contribution in [1.29, 1.82) is 0 Å². The van der Waals surface area contributed by atoms with E-state index in [1.807, 2.05) is 24.3 Å². The van der Waals surface area contributed by atoms with Crippen LogP contribution in [-0.2, 0) is 19.8 Å². The number of aromatic nitrogens is 3. The van der Waals surface area contributed by atoms with Gasteiger partial charge in [-0.05, 0) is 30.5 Å². The van der Waals surface area contributed by atoms with E-state index in [0.29, 0.717) is 30.5 Å². The first-order chi connectivity index (χ1) is 12.3. The Morgan fingerprint density at radius 3 is 2.31 bits per heavy atom. The number of nitrogens with zero attached hydrogens (tertiary/aromatic N) is 4. The molecule has 0 unspecified atom stereocenters. The predicted octanol–water partition coefficient (Wildman–Crippen LogP) is 2.45. The summed E-state index contributed by atoms with van der Waals surface area (Å²) >= 11 is 0. The molecule has 0 radical (unpaired) electrons. The summed E-state index contributed by atoms with van der Waals surface area (Å²) in [5.41, 5.74) is 0.421. The number of likely N-dealkylation sites (tertiary alicyclic amines) is 1. The van der Waals surface area contributed by atoms with Crippen LogP contribution in [0.4, 0.5) is 13.2 Å². The van der Waals surface area contributed by atoms with Gasteiger partial charge in [0.1, 0.15) is 5.75 Å². The molecule has 9 heteroatoms. The van der Waals surface area contributed by atoms with Crippen molar-refractivity contribution < 1.29 is 17.9 Å². The lowest BCUT2D eigenvalue weighted by molar-refractivity contribution is -0.147. The first-order valence-electron chi connectivity index (χ1n) is 8.37. The molecule has 0 N–H and O–H groups in total. The van der Waals surface area contributed by atoms with Gasteiger partial charge < -0.3 is 4.74 Å². The summed E-state index contributed by atoms with van der Waals surface area (Å²) in [6, 6.07) is 7.47. The Kier molecular flexibility index (Phi) is 5.08. The largest absolute Gasteiger partial charge is 0.497 e. The van der Waals surface area contributed by atoms with Crippen molar-refractivity contribution in [3.8, 4) is 5.75 Å². The molecule has 1 aromatic carbocycles. The van der Waals surface area contributed by atoms with Gasteiger partial charge >= 0.3 is 11.9 Å². The minimum Gasteiger partial charge on any atom is -0.497 e. The summed E-state index contributed by atoms with van der Waals surface area (Å²) in [6.45, 7) is 2.14. The summed E-state index contributed by atoms with van der Waals surface area (Å²) in [5.74, 6) is -0.356. The lowest BCUT2D eigenvalue weighted by Crippen LogP contribution is -2.37. The van der Waals surface area contributed by atoms with Crippen LogP contribution in [0.1, 0.15) is 30.3 Å². The van der Waals surface area contributed by atoms with Gasteiger partial charge in [-0.3, -0.25) is 9.47 Å². The van der Waals surface area contributed by atoms with Gasteiger partial charge in [-0.25, -0.2) is 9.48 Å². The molecule has 1 saturated heterocycles. The normalized spacial score (nSPS) is 16.8. The number of benzene rings is 1. The minimum absolute atomic E-state index is 0.308. The number of hydrogen-bond donors (Lipinski definition) is 0. The van der Waals surface area contributed by atoms with Gasteiger partial charge in [0, 0.05) is 26.7 Å². The summed E-state index contributed by atoms with van der Waals surface area (Å²) < 4.78 is 45.4. The maximum atomic E-state index is 12.9. The molecule has 3 rings (SSSR count). The van der Waals surface area contributed by atoms with Crippen molar-refractivity contribution in [1.82, 2.24) is 19.2 Å². The van der Waals surface area contributed by atoms with E-state index in [-0.39, 0.29) is 6.04 Å². The van der Waals surface area contributed by atoms with Gasteiger partial charge in [0.15, 0.2) is 0 Å². The van der Waals surface area contributed by atoms with Gasteiger partial charge in [0.05, 0.1) is 13.2 Å². The van der Waals surface area contributed by atoms with Crippen molar-refractivity contribution in [3.63, 3.8) is 0 Å². The third kappa shape index (κ3) is 3.77.